The predicted molar refractivity (Wildman–Crippen MR) is 108 cm³/mol. The Hall–Kier alpha value is -2.44. The highest BCUT2D eigenvalue weighted by molar-refractivity contribution is 6.31. The van der Waals surface area contributed by atoms with Crippen LogP contribution < -0.4 is 19.1 Å². The van der Waals surface area contributed by atoms with E-state index in [1.165, 1.54) is 4.90 Å². The van der Waals surface area contributed by atoms with Crippen LogP contribution in [0.2, 0.25) is 5.02 Å². The largest absolute Gasteiger partial charge is 0.493 e. The third kappa shape index (κ3) is 4.34. The molecule has 0 atom stereocenters. The lowest BCUT2D eigenvalue weighted by Gasteiger charge is -2.32. The normalized spacial score (nSPS) is 14.6. The van der Waals surface area contributed by atoms with Crippen LogP contribution in [0.1, 0.15) is 15.9 Å². The molecule has 3 rings (SSSR count). The van der Waals surface area contributed by atoms with Crippen molar-refractivity contribution in [3.8, 4) is 17.2 Å². The van der Waals surface area contributed by atoms with Crippen LogP contribution in [-0.4, -0.2) is 58.3 Å². The molecule has 0 aliphatic carbocycles. The van der Waals surface area contributed by atoms with Gasteiger partial charge in [0.15, 0.2) is 11.5 Å². The minimum atomic E-state index is -0.0314. The Morgan fingerprint density at radius 1 is 1.04 bits per heavy atom. The van der Waals surface area contributed by atoms with Crippen molar-refractivity contribution in [2.75, 3.05) is 47.5 Å². The third-order valence-electron chi connectivity index (χ3n) is 5.07. The fourth-order valence-electron chi connectivity index (χ4n) is 3.50. The summed E-state index contributed by atoms with van der Waals surface area (Å²) in [6.07, 6.45) is 0. The van der Waals surface area contributed by atoms with E-state index in [0.717, 1.165) is 30.2 Å². The van der Waals surface area contributed by atoms with Crippen LogP contribution in [0.4, 0.5) is 0 Å². The smallest absolute Gasteiger partial charge is 0.254 e. The first-order valence-corrected chi connectivity index (χ1v) is 9.61. The Labute approximate surface area is 170 Å². The van der Waals surface area contributed by atoms with Crippen LogP contribution in [0.5, 0.6) is 17.2 Å². The Morgan fingerprint density at radius 2 is 1.64 bits per heavy atom. The van der Waals surface area contributed by atoms with Crippen LogP contribution in [0, 0.1) is 0 Å². The van der Waals surface area contributed by atoms with Gasteiger partial charge in [0.2, 0.25) is 5.75 Å². The van der Waals surface area contributed by atoms with Gasteiger partial charge >= 0.3 is 0 Å². The maximum absolute atomic E-state index is 13.0. The number of nitrogens with one attached hydrogen (secondary N) is 1. The number of piperazine rings is 1. The Bertz CT molecular complexity index is 810. The van der Waals surface area contributed by atoms with Gasteiger partial charge in [0.25, 0.3) is 5.91 Å². The molecule has 1 aliphatic rings. The molecule has 150 valence electrons. The van der Waals surface area contributed by atoms with Crippen LogP contribution >= 0.6 is 11.6 Å². The van der Waals surface area contributed by atoms with E-state index in [2.05, 4.69) is 6.07 Å². The zero-order valence-electron chi connectivity index (χ0n) is 16.5. The number of hydrogen-bond donors (Lipinski definition) is 1. The number of amides is 1. The number of nitrogens with zero attached hydrogens (tertiary/aromatic N) is 1. The van der Waals surface area contributed by atoms with E-state index >= 15 is 0 Å². The molecule has 2 aromatic rings. The van der Waals surface area contributed by atoms with Crippen LogP contribution in [0.25, 0.3) is 0 Å². The number of methoxy groups -OCH3 is 3. The first-order chi connectivity index (χ1) is 13.6. The molecule has 0 bridgehead atoms. The van der Waals surface area contributed by atoms with Crippen molar-refractivity contribution >= 4 is 17.5 Å². The number of hydrogen-bond acceptors (Lipinski definition) is 4. The molecule has 0 unspecified atom stereocenters. The van der Waals surface area contributed by atoms with Crippen molar-refractivity contribution in [2.24, 2.45) is 0 Å². The summed E-state index contributed by atoms with van der Waals surface area (Å²) in [6, 6.07) is 11.3. The summed E-state index contributed by atoms with van der Waals surface area (Å²) < 4.78 is 16.0. The highest BCUT2D eigenvalue weighted by atomic mass is 35.5. The van der Waals surface area contributed by atoms with E-state index in [9.17, 15) is 4.79 Å². The van der Waals surface area contributed by atoms with E-state index in [4.69, 9.17) is 25.8 Å². The fourth-order valence-corrected chi connectivity index (χ4v) is 3.70. The second kappa shape index (κ2) is 9.17. The Kier molecular flexibility index (Phi) is 6.65. The molecule has 0 spiro atoms. The molecule has 0 saturated carbocycles. The monoisotopic (exact) mass is 405 g/mol. The fraction of sp³-hybridized carbons (Fsp3) is 0.381. The first kappa shape index (κ1) is 20.3. The van der Waals surface area contributed by atoms with Gasteiger partial charge in [-0.1, -0.05) is 29.8 Å². The number of benzene rings is 2. The summed E-state index contributed by atoms with van der Waals surface area (Å²) in [5, 5.41) is 0.797. The predicted octanol–water partition coefficient (Wildman–Crippen LogP) is 1.91. The lowest BCUT2D eigenvalue weighted by molar-refractivity contribution is -0.917. The van der Waals surface area contributed by atoms with Gasteiger partial charge in [-0.25, -0.2) is 0 Å². The van der Waals surface area contributed by atoms with Gasteiger partial charge in [0, 0.05) is 16.1 Å². The van der Waals surface area contributed by atoms with Gasteiger partial charge in [-0.3, -0.25) is 4.79 Å². The van der Waals surface area contributed by atoms with E-state index in [1.54, 1.807) is 33.5 Å². The summed E-state index contributed by atoms with van der Waals surface area (Å²) in [6.45, 7) is 4.00. The molecule has 2 aromatic carbocycles. The van der Waals surface area contributed by atoms with E-state index in [1.807, 2.05) is 23.1 Å². The second-order valence-corrected chi connectivity index (χ2v) is 7.13. The van der Waals surface area contributed by atoms with Gasteiger partial charge in [0.1, 0.15) is 6.54 Å². The standard InChI is InChI=1S/C21H25ClN2O4/c1-26-18-12-16(13-19(27-2)20(18)28-3)21(25)24-10-8-23(9-11-24)14-15-6-4-5-7-17(15)22/h4-7,12-13H,8-11,14H2,1-3H3/p+1. The summed E-state index contributed by atoms with van der Waals surface area (Å²) in [5.41, 5.74) is 1.67. The first-order valence-electron chi connectivity index (χ1n) is 9.23. The molecule has 1 fully saturated rings. The Morgan fingerprint density at radius 3 is 2.18 bits per heavy atom. The molecule has 1 aliphatic heterocycles. The molecule has 1 heterocycles. The van der Waals surface area contributed by atoms with Crippen molar-refractivity contribution in [3.05, 3.63) is 52.5 Å². The van der Waals surface area contributed by atoms with Gasteiger partial charge in [-0.2, -0.15) is 0 Å². The van der Waals surface area contributed by atoms with Crippen LogP contribution in [-0.2, 0) is 6.54 Å². The number of carbonyl (C=O) groups is 1. The quantitative estimate of drug-likeness (QED) is 0.797. The van der Waals surface area contributed by atoms with Crippen molar-refractivity contribution in [2.45, 2.75) is 6.54 Å². The molecule has 6 nitrogen and oxygen atoms in total. The molecule has 1 saturated heterocycles. The maximum atomic E-state index is 13.0. The van der Waals surface area contributed by atoms with E-state index in [0.29, 0.717) is 35.9 Å². The summed E-state index contributed by atoms with van der Waals surface area (Å²) in [7, 11) is 4.63. The summed E-state index contributed by atoms with van der Waals surface area (Å²) in [5.74, 6) is 1.41. The number of ether oxygens (including phenoxy) is 3. The molecule has 7 heteroatoms. The summed E-state index contributed by atoms with van der Waals surface area (Å²) >= 11 is 6.27. The molecular weight excluding hydrogens is 380 g/mol. The highest BCUT2D eigenvalue weighted by Gasteiger charge is 2.26. The average Bonchev–Trinajstić information content (AvgIpc) is 2.74. The topological polar surface area (TPSA) is 52.4 Å². The number of carbonyl (C=O) groups excluding carboxylic acids is 1. The highest BCUT2D eigenvalue weighted by Crippen LogP contribution is 2.38. The molecular formula is C21H26ClN2O4+. The van der Waals surface area contributed by atoms with E-state index in [-0.39, 0.29) is 5.91 Å². The SMILES string of the molecule is COc1cc(C(=O)N2CC[NH+](Cc3ccccc3Cl)CC2)cc(OC)c1OC. The zero-order valence-corrected chi connectivity index (χ0v) is 17.2. The lowest BCUT2D eigenvalue weighted by atomic mass is 10.1. The minimum absolute atomic E-state index is 0.0314. The second-order valence-electron chi connectivity index (χ2n) is 6.72. The zero-order chi connectivity index (χ0) is 20.1. The average molecular weight is 406 g/mol. The number of quaternary nitrogens is 1. The molecule has 0 radical (unpaired) electrons. The maximum Gasteiger partial charge on any atom is 0.254 e. The van der Waals surface area contributed by atoms with Crippen molar-refractivity contribution in [1.29, 1.82) is 0 Å². The third-order valence-corrected chi connectivity index (χ3v) is 5.44. The number of halogens is 1. The van der Waals surface area contributed by atoms with Crippen molar-refractivity contribution < 1.29 is 23.9 Å². The van der Waals surface area contributed by atoms with E-state index < -0.39 is 0 Å². The van der Waals surface area contributed by atoms with Crippen LogP contribution in [0.15, 0.2) is 36.4 Å². The van der Waals surface area contributed by atoms with Crippen LogP contribution in [0.3, 0.4) is 0 Å². The van der Waals surface area contributed by atoms with Gasteiger partial charge in [0.05, 0.1) is 47.5 Å². The molecule has 28 heavy (non-hydrogen) atoms. The summed E-state index contributed by atoms with van der Waals surface area (Å²) in [4.78, 5) is 16.3. The van der Waals surface area contributed by atoms with Gasteiger partial charge in [-0.05, 0) is 18.2 Å². The molecule has 1 N–H and O–H groups in total. The van der Waals surface area contributed by atoms with Gasteiger partial charge in [-0.15, -0.1) is 0 Å². The van der Waals surface area contributed by atoms with Gasteiger partial charge < -0.3 is 24.0 Å². The minimum Gasteiger partial charge on any atom is -0.493 e. The lowest BCUT2D eigenvalue weighted by Crippen LogP contribution is -3.13. The molecule has 1 amide bonds. The Balaban J connectivity index is 1.67. The molecule has 0 aromatic heterocycles. The van der Waals surface area contributed by atoms with Crippen molar-refractivity contribution in [3.63, 3.8) is 0 Å². The number of rotatable bonds is 6. The van der Waals surface area contributed by atoms with Crippen molar-refractivity contribution in [1.82, 2.24) is 4.90 Å².